The van der Waals surface area contributed by atoms with Gasteiger partial charge in [0.25, 0.3) is 0 Å². The van der Waals surface area contributed by atoms with Crippen LogP contribution in [0.4, 0.5) is 5.82 Å². The lowest BCUT2D eigenvalue weighted by atomic mass is 10.3. The van der Waals surface area contributed by atoms with Crippen LogP contribution in [0.2, 0.25) is 10.3 Å². The first kappa shape index (κ1) is 14.3. The van der Waals surface area contributed by atoms with Crippen LogP contribution in [0.5, 0.6) is 0 Å². The molecule has 1 aliphatic rings. The largest absolute Gasteiger partial charge is 0.351 e. The molecule has 1 aliphatic heterocycles. The van der Waals surface area contributed by atoms with Crippen molar-refractivity contribution in [2.24, 2.45) is 0 Å². The highest BCUT2D eigenvalue weighted by molar-refractivity contribution is 9.10. The van der Waals surface area contributed by atoms with E-state index in [0.717, 1.165) is 26.2 Å². The summed E-state index contributed by atoms with van der Waals surface area (Å²) < 4.78 is 0.685. The molecule has 106 valence electrons. The van der Waals surface area contributed by atoms with Gasteiger partial charge in [0, 0.05) is 26.2 Å². The Morgan fingerprint density at radius 2 is 1.75 bits per heavy atom. The number of fused-ring (bicyclic) bond motifs is 1. The van der Waals surface area contributed by atoms with Gasteiger partial charge in [-0.2, -0.15) is 0 Å². The van der Waals surface area contributed by atoms with Crippen LogP contribution in [0.15, 0.2) is 10.5 Å². The first-order valence-corrected chi connectivity index (χ1v) is 7.72. The van der Waals surface area contributed by atoms with Crippen molar-refractivity contribution in [3.8, 4) is 0 Å². The van der Waals surface area contributed by atoms with E-state index in [1.165, 1.54) is 0 Å². The third kappa shape index (κ3) is 2.70. The molecule has 20 heavy (non-hydrogen) atoms. The summed E-state index contributed by atoms with van der Waals surface area (Å²) in [5, 5.41) is 0.775. The average Bonchev–Trinajstić information content (AvgIpc) is 2.41. The van der Waals surface area contributed by atoms with Gasteiger partial charge >= 0.3 is 0 Å². The minimum Gasteiger partial charge on any atom is -0.351 e. The number of rotatable bonds is 1. The van der Waals surface area contributed by atoms with Gasteiger partial charge < -0.3 is 9.80 Å². The first-order chi connectivity index (χ1) is 9.54. The summed E-state index contributed by atoms with van der Waals surface area (Å²) in [4.78, 5) is 17.5. The summed E-state index contributed by atoms with van der Waals surface area (Å²) in [7, 11) is 2.10. The highest BCUT2D eigenvalue weighted by Crippen LogP contribution is 2.28. The highest BCUT2D eigenvalue weighted by Gasteiger charge is 2.20. The van der Waals surface area contributed by atoms with E-state index in [-0.39, 0.29) is 0 Å². The van der Waals surface area contributed by atoms with Crippen LogP contribution >= 0.6 is 39.1 Å². The lowest BCUT2D eigenvalue weighted by molar-refractivity contribution is 0.312. The number of anilines is 1. The second kappa shape index (κ2) is 5.60. The minimum atomic E-state index is 0.374. The first-order valence-electron chi connectivity index (χ1n) is 6.17. The zero-order valence-electron chi connectivity index (χ0n) is 10.8. The number of hydrogen-bond donors (Lipinski definition) is 0. The molecule has 5 nitrogen and oxygen atoms in total. The lowest BCUT2D eigenvalue weighted by Crippen LogP contribution is -2.45. The van der Waals surface area contributed by atoms with Crippen LogP contribution in [0.25, 0.3) is 11.2 Å². The van der Waals surface area contributed by atoms with Crippen molar-refractivity contribution in [2.75, 3.05) is 38.1 Å². The summed E-state index contributed by atoms with van der Waals surface area (Å²) >= 11 is 15.6. The Labute approximate surface area is 135 Å². The number of hydrogen-bond acceptors (Lipinski definition) is 5. The smallest absolute Gasteiger partial charge is 0.181 e. The zero-order chi connectivity index (χ0) is 14.3. The molecule has 2 aromatic heterocycles. The van der Waals surface area contributed by atoms with E-state index in [9.17, 15) is 0 Å². The quantitative estimate of drug-likeness (QED) is 0.716. The van der Waals surface area contributed by atoms with E-state index in [0.29, 0.717) is 31.8 Å². The molecule has 0 bridgehead atoms. The summed E-state index contributed by atoms with van der Waals surface area (Å²) in [5.74, 6) is 0.679. The van der Waals surface area contributed by atoms with Crippen molar-refractivity contribution in [2.45, 2.75) is 0 Å². The number of piperazine rings is 1. The topological polar surface area (TPSA) is 45.2 Å². The molecule has 0 atom stereocenters. The molecule has 2 aromatic rings. The molecule has 0 amide bonds. The molecule has 0 spiro atoms. The fraction of sp³-hybridized carbons (Fsp3) is 0.417. The molecule has 0 saturated carbocycles. The van der Waals surface area contributed by atoms with Crippen LogP contribution in [0.1, 0.15) is 0 Å². The molecule has 0 aromatic carbocycles. The molecule has 0 N–H and O–H groups in total. The maximum absolute atomic E-state index is 6.26. The van der Waals surface area contributed by atoms with Crippen molar-refractivity contribution in [1.82, 2.24) is 19.9 Å². The standard InChI is InChI=1S/C12H12BrCl2N5/c1-19-2-4-20(5-3-19)12-10(15)16-8-6-7(13)9(14)17-11(8)18-12/h6H,2-5H2,1H3. The molecule has 3 rings (SSSR count). The Morgan fingerprint density at radius 1 is 1.05 bits per heavy atom. The fourth-order valence-corrected chi connectivity index (χ4v) is 2.83. The number of nitrogens with zero attached hydrogens (tertiary/aromatic N) is 5. The number of pyridine rings is 1. The Kier molecular flexibility index (Phi) is 3.99. The van der Waals surface area contributed by atoms with E-state index in [4.69, 9.17) is 23.2 Å². The Bertz CT molecular complexity index is 658. The molecular weight excluding hydrogens is 365 g/mol. The Hall–Kier alpha value is -0.690. The second-order valence-electron chi connectivity index (χ2n) is 4.73. The van der Waals surface area contributed by atoms with E-state index >= 15 is 0 Å². The molecule has 0 unspecified atom stereocenters. The monoisotopic (exact) mass is 375 g/mol. The maximum Gasteiger partial charge on any atom is 0.181 e. The fourth-order valence-electron chi connectivity index (χ4n) is 2.13. The van der Waals surface area contributed by atoms with Crippen molar-refractivity contribution in [3.63, 3.8) is 0 Å². The van der Waals surface area contributed by atoms with Gasteiger partial charge in [-0.25, -0.2) is 15.0 Å². The third-order valence-corrected chi connectivity index (χ3v) is 4.69. The van der Waals surface area contributed by atoms with Crippen molar-refractivity contribution < 1.29 is 0 Å². The van der Waals surface area contributed by atoms with Crippen LogP contribution in [-0.4, -0.2) is 53.1 Å². The summed E-state index contributed by atoms with van der Waals surface area (Å²) in [6, 6.07) is 1.78. The van der Waals surface area contributed by atoms with Crippen LogP contribution in [-0.2, 0) is 0 Å². The number of halogens is 3. The van der Waals surface area contributed by atoms with Crippen LogP contribution < -0.4 is 4.90 Å². The van der Waals surface area contributed by atoms with Crippen molar-refractivity contribution in [3.05, 3.63) is 20.8 Å². The predicted molar refractivity (Wildman–Crippen MR) is 84.8 cm³/mol. The second-order valence-corrected chi connectivity index (χ2v) is 6.30. The molecule has 0 radical (unpaired) electrons. The number of likely N-dealkylation sites (N-methyl/N-ethyl adjacent to an activating group) is 1. The average molecular weight is 377 g/mol. The van der Waals surface area contributed by atoms with Gasteiger partial charge in [0.05, 0.1) is 4.47 Å². The summed E-state index contributed by atoms with van der Waals surface area (Å²) in [5.41, 5.74) is 1.14. The van der Waals surface area contributed by atoms with Gasteiger partial charge in [0.2, 0.25) is 0 Å². The molecule has 1 fully saturated rings. The molecular formula is C12H12BrCl2N5. The van der Waals surface area contributed by atoms with Crippen LogP contribution in [0, 0.1) is 0 Å². The van der Waals surface area contributed by atoms with Gasteiger partial charge in [-0.1, -0.05) is 23.2 Å². The van der Waals surface area contributed by atoms with Crippen molar-refractivity contribution in [1.29, 1.82) is 0 Å². The zero-order valence-corrected chi connectivity index (χ0v) is 13.9. The van der Waals surface area contributed by atoms with E-state index < -0.39 is 0 Å². The van der Waals surface area contributed by atoms with Gasteiger partial charge in [0.15, 0.2) is 16.6 Å². The normalized spacial score (nSPS) is 16.9. The van der Waals surface area contributed by atoms with Gasteiger partial charge in [-0.3, -0.25) is 0 Å². The molecule has 0 aliphatic carbocycles. The molecule has 3 heterocycles. The maximum atomic E-state index is 6.26. The SMILES string of the molecule is CN1CCN(c2nc3nc(Cl)c(Br)cc3nc2Cl)CC1. The Morgan fingerprint density at radius 3 is 2.45 bits per heavy atom. The van der Waals surface area contributed by atoms with Gasteiger partial charge in [0.1, 0.15) is 10.7 Å². The predicted octanol–water partition coefficient (Wildman–Crippen LogP) is 2.85. The lowest BCUT2D eigenvalue weighted by Gasteiger charge is -2.33. The van der Waals surface area contributed by atoms with Gasteiger partial charge in [-0.15, -0.1) is 0 Å². The summed E-state index contributed by atoms with van der Waals surface area (Å²) in [6.45, 7) is 3.70. The highest BCUT2D eigenvalue weighted by atomic mass is 79.9. The number of aromatic nitrogens is 3. The van der Waals surface area contributed by atoms with Gasteiger partial charge in [-0.05, 0) is 29.0 Å². The van der Waals surface area contributed by atoms with Crippen LogP contribution in [0.3, 0.4) is 0 Å². The van der Waals surface area contributed by atoms with E-state index in [1.807, 2.05) is 0 Å². The van der Waals surface area contributed by atoms with E-state index in [2.05, 4.69) is 47.7 Å². The Balaban J connectivity index is 2.03. The third-order valence-electron chi connectivity index (χ3n) is 3.31. The molecule has 8 heteroatoms. The van der Waals surface area contributed by atoms with Crippen molar-refractivity contribution >= 4 is 56.1 Å². The van der Waals surface area contributed by atoms with E-state index in [1.54, 1.807) is 6.07 Å². The summed E-state index contributed by atoms with van der Waals surface area (Å²) in [6.07, 6.45) is 0. The molecule has 1 saturated heterocycles. The minimum absolute atomic E-state index is 0.374.